The van der Waals surface area contributed by atoms with Gasteiger partial charge in [-0.3, -0.25) is 5.43 Å². The van der Waals surface area contributed by atoms with Crippen LogP contribution in [0.25, 0.3) is 0 Å². The van der Waals surface area contributed by atoms with Crippen molar-refractivity contribution < 1.29 is 18.3 Å². The summed E-state index contributed by atoms with van der Waals surface area (Å²) in [5.74, 6) is 0. The Bertz CT molecular complexity index is 794. The lowest BCUT2D eigenvalue weighted by molar-refractivity contribution is -0.136. The van der Waals surface area contributed by atoms with Crippen LogP contribution >= 0.6 is 12.2 Å². The first-order valence-electron chi connectivity index (χ1n) is 7.99. The van der Waals surface area contributed by atoms with Gasteiger partial charge in [-0.1, -0.05) is 24.3 Å². The van der Waals surface area contributed by atoms with Gasteiger partial charge in [0.25, 0.3) is 0 Å². The van der Waals surface area contributed by atoms with Crippen LogP contribution in [0.4, 0.5) is 24.5 Å². The zero-order chi connectivity index (χ0) is 19.9. The van der Waals surface area contributed by atoms with Gasteiger partial charge in [0.05, 0.1) is 24.1 Å². The molecule has 5 nitrogen and oxygen atoms in total. The highest BCUT2D eigenvalue weighted by atomic mass is 32.1. The summed E-state index contributed by atoms with van der Waals surface area (Å²) in [6.45, 7) is 0.583. The average molecular weight is 396 g/mol. The largest absolute Gasteiger partial charge is 0.418 e. The van der Waals surface area contributed by atoms with Gasteiger partial charge in [-0.25, -0.2) is 0 Å². The number of para-hydroxylation sites is 1. The number of nitrogens with zero attached hydrogens (tertiary/aromatic N) is 2. The SMILES string of the molecule is CN(CCO)c1ccc(/C=N/NC(=S)Nc2ccccc2C(F)(F)F)cc1. The van der Waals surface area contributed by atoms with Crippen LogP contribution in [0, 0.1) is 0 Å². The van der Waals surface area contributed by atoms with Crippen molar-refractivity contribution in [1.29, 1.82) is 0 Å². The number of nitrogens with one attached hydrogen (secondary N) is 2. The van der Waals surface area contributed by atoms with E-state index < -0.39 is 11.7 Å². The first-order valence-corrected chi connectivity index (χ1v) is 8.40. The maximum atomic E-state index is 13.0. The minimum Gasteiger partial charge on any atom is -0.395 e. The third-order valence-corrected chi connectivity index (χ3v) is 3.82. The molecule has 0 saturated carbocycles. The van der Waals surface area contributed by atoms with Crippen LogP contribution < -0.4 is 15.6 Å². The Morgan fingerprint density at radius 1 is 1.19 bits per heavy atom. The third-order valence-electron chi connectivity index (χ3n) is 3.63. The van der Waals surface area contributed by atoms with Crippen LogP contribution in [0.3, 0.4) is 0 Å². The van der Waals surface area contributed by atoms with Crippen molar-refractivity contribution in [3.63, 3.8) is 0 Å². The summed E-state index contributed by atoms with van der Waals surface area (Å²) in [5.41, 5.74) is 3.27. The molecule has 3 N–H and O–H groups in total. The second-order valence-electron chi connectivity index (χ2n) is 5.60. The number of anilines is 2. The van der Waals surface area contributed by atoms with E-state index in [1.54, 1.807) is 0 Å². The number of likely N-dealkylation sites (N-methyl/N-ethyl adjacent to an activating group) is 1. The van der Waals surface area contributed by atoms with Gasteiger partial charge in [-0.05, 0) is 42.0 Å². The normalized spacial score (nSPS) is 11.4. The predicted octanol–water partition coefficient (Wildman–Crippen LogP) is 3.45. The van der Waals surface area contributed by atoms with Crippen molar-refractivity contribution in [3.8, 4) is 0 Å². The molecule has 9 heteroatoms. The van der Waals surface area contributed by atoms with Crippen LogP contribution in [0.15, 0.2) is 53.6 Å². The smallest absolute Gasteiger partial charge is 0.395 e. The zero-order valence-corrected chi connectivity index (χ0v) is 15.3. The molecule has 27 heavy (non-hydrogen) atoms. The highest BCUT2D eigenvalue weighted by Gasteiger charge is 2.33. The van der Waals surface area contributed by atoms with Gasteiger partial charge < -0.3 is 15.3 Å². The molecule has 0 spiro atoms. The lowest BCUT2D eigenvalue weighted by Crippen LogP contribution is -2.25. The Morgan fingerprint density at radius 2 is 1.85 bits per heavy atom. The highest BCUT2D eigenvalue weighted by molar-refractivity contribution is 7.80. The molecule has 2 rings (SSSR count). The summed E-state index contributed by atoms with van der Waals surface area (Å²) in [4.78, 5) is 1.90. The molecule has 0 unspecified atom stereocenters. The molecule has 144 valence electrons. The molecule has 0 saturated heterocycles. The van der Waals surface area contributed by atoms with E-state index >= 15 is 0 Å². The molecule has 0 aliphatic carbocycles. The number of aliphatic hydroxyl groups is 1. The highest BCUT2D eigenvalue weighted by Crippen LogP contribution is 2.34. The average Bonchev–Trinajstić information content (AvgIpc) is 2.62. The molecule has 0 atom stereocenters. The molecular weight excluding hydrogens is 377 g/mol. The molecule has 0 fully saturated rings. The van der Waals surface area contributed by atoms with Gasteiger partial charge in [0, 0.05) is 19.3 Å². The second-order valence-corrected chi connectivity index (χ2v) is 6.01. The number of hydrogen-bond donors (Lipinski definition) is 3. The quantitative estimate of drug-likeness (QED) is 0.397. The minimum absolute atomic E-state index is 0.0535. The number of alkyl halides is 3. The van der Waals surface area contributed by atoms with Crippen LogP contribution in [0.5, 0.6) is 0 Å². The predicted molar refractivity (Wildman–Crippen MR) is 105 cm³/mol. The fraction of sp³-hybridized carbons (Fsp3) is 0.222. The molecular formula is C18H19F3N4OS. The lowest BCUT2D eigenvalue weighted by atomic mass is 10.2. The van der Waals surface area contributed by atoms with Gasteiger partial charge in [0.1, 0.15) is 0 Å². The number of rotatable bonds is 6. The van der Waals surface area contributed by atoms with Gasteiger partial charge in [0.15, 0.2) is 5.11 Å². The lowest BCUT2D eigenvalue weighted by Gasteiger charge is -2.17. The number of aliphatic hydroxyl groups excluding tert-OH is 1. The Kier molecular flexibility index (Phi) is 7.14. The maximum absolute atomic E-state index is 13.0. The van der Waals surface area contributed by atoms with Gasteiger partial charge in [0.2, 0.25) is 0 Å². The zero-order valence-electron chi connectivity index (χ0n) is 14.5. The Morgan fingerprint density at radius 3 is 2.48 bits per heavy atom. The standard InChI is InChI=1S/C18H19F3N4OS/c1-25(10-11-26)14-8-6-13(7-9-14)12-22-24-17(27)23-16-5-3-2-4-15(16)18(19,20)21/h2-9,12,26H,10-11H2,1H3,(H2,23,24,27)/b22-12+. The number of hydrazone groups is 1. The number of hydrogen-bond acceptors (Lipinski definition) is 4. The van der Waals surface area contributed by atoms with Crippen LogP contribution in [-0.4, -0.2) is 36.6 Å². The number of thiocarbonyl (C=S) groups is 1. The first-order chi connectivity index (χ1) is 12.8. The van der Waals surface area contributed by atoms with E-state index in [0.29, 0.717) is 6.54 Å². The van der Waals surface area contributed by atoms with Gasteiger partial charge in [-0.2, -0.15) is 18.3 Å². The molecule has 0 heterocycles. The van der Waals surface area contributed by atoms with E-state index in [2.05, 4.69) is 15.8 Å². The summed E-state index contributed by atoms with van der Waals surface area (Å²) in [7, 11) is 1.86. The maximum Gasteiger partial charge on any atom is 0.418 e. The minimum atomic E-state index is -4.48. The van der Waals surface area contributed by atoms with Gasteiger partial charge in [-0.15, -0.1) is 0 Å². The fourth-order valence-electron chi connectivity index (χ4n) is 2.25. The summed E-state index contributed by atoms with van der Waals surface area (Å²) in [6.07, 6.45) is -2.98. The summed E-state index contributed by atoms with van der Waals surface area (Å²) in [5, 5.41) is 15.3. The monoisotopic (exact) mass is 396 g/mol. The Hall–Kier alpha value is -2.65. The Labute approximate surface area is 160 Å². The van der Waals surface area contributed by atoms with Crippen LogP contribution in [0.2, 0.25) is 0 Å². The van der Waals surface area contributed by atoms with E-state index in [9.17, 15) is 13.2 Å². The summed E-state index contributed by atoms with van der Waals surface area (Å²) in [6, 6.07) is 12.4. The molecule has 0 amide bonds. The van der Waals surface area contributed by atoms with E-state index in [1.807, 2.05) is 36.2 Å². The molecule has 0 aliphatic heterocycles. The van der Waals surface area contributed by atoms with Crippen molar-refractivity contribution in [2.75, 3.05) is 30.4 Å². The third kappa shape index (κ3) is 6.22. The van der Waals surface area contributed by atoms with Crippen molar-refractivity contribution in [1.82, 2.24) is 5.43 Å². The van der Waals surface area contributed by atoms with Crippen molar-refractivity contribution in [3.05, 3.63) is 59.7 Å². The molecule has 2 aromatic carbocycles. The van der Waals surface area contributed by atoms with Crippen LogP contribution in [0.1, 0.15) is 11.1 Å². The van der Waals surface area contributed by atoms with E-state index in [-0.39, 0.29) is 17.4 Å². The fourth-order valence-corrected chi connectivity index (χ4v) is 2.41. The van der Waals surface area contributed by atoms with Crippen LogP contribution in [-0.2, 0) is 6.18 Å². The summed E-state index contributed by atoms with van der Waals surface area (Å²) < 4.78 is 38.9. The van der Waals surface area contributed by atoms with E-state index in [4.69, 9.17) is 17.3 Å². The molecule has 0 aliphatic rings. The second kappa shape index (κ2) is 9.33. The van der Waals surface area contributed by atoms with Crippen molar-refractivity contribution >= 4 is 34.9 Å². The molecule has 0 aromatic heterocycles. The molecule has 2 aromatic rings. The Balaban J connectivity index is 1.94. The van der Waals surface area contributed by atoms with Gasteiger partial charge >= 0.3 is 6.18 Å². The number of benzene rings is 2. The van der Waals surface area contributed by atoms with Crippen molar-refractivity contribution in [2.45, 2.75) is 6.18 Å². The molecule has 0 radical (unpaired) electrons. The first kappa shape index (κ1) is 20.7. The van der Waals surface area contributed by atoms with E-state index in [1.165, 1.54) is 24.4 Å². The topological polar surface area (TPSA) is 59.9 Å². The summed E-state index contributed by atoms with van der Waals surface area (Å²) >= 11 is 4.98. The molecule has 0 bridgehead atoms. The van der Waals surface area contributed by atoms with Crippen molar-refractivity contribution in [2.24, 2.45) is 5.10 Å². The van der Waals surface area contributed by atoms with E-state index in [0.717, 1.165) is 17.3 Å². The number of halogens is 3.